The molecule has 1 saturated heterocycles. The molecule has 2 aromatic carbocycles. The molecule has 0 radical (unpaired) electrons. The second-order valence-electron chi connectivity index (χ2n) is 5.35. The Bertz CT molecular complexity index is 714. The summed E-state index contributed by atoms with van der Waals surface area (Å²) >= 11 is 1.77. The van der Waals surface area contributed by atoms with Gasteiger partial charge < -0.3 is 0 Å². The van der Waals surface area contributed by atoms with Crippen LogP contribution in [0, 0.1) is 0 Å². The highest BCUT2D eigenvalue weighted by Crippen LogP contribution is 2.40. The van der Waals surface area contributed by atoms with Gasteiger partial charge in [0.05, 0.1) is 11.1 Å². The zero-order valence-corrected chi connectivity index (χ0v) is 12.9. The highest BCUT2D eigenvalue weighted by molar-refractivity contribution is 8.03. The smallest absolute Gasteiger partial charge is 0.288 e. The lowest BCUT2D eigenvalue weighted by atomic mass is 10.0. The Morgan fingerprint density at radius 1 is 0.955 bits per heavy atom. The number of urea groups is 1. The summed E-state index contributed by atoms with van der Waals surface area (Å²) in [4.78, 5) is 16.8. The second kappa shape index (κ2) is 5.54. The Kier molecular flexibility index (Phi) is 3.39. The van der Waals surface area contributed by atoms with Crippen molar-refractivity contribution in [1.29, 1.82) is 0 Å². The first-order chi connectivity index (χ1) is 10.8. The van der Waals surface area contributed by atoms with Crippen molar-refractivity contribution in [2.24, 2.45) is 0 Å². The number of hydrogen-bond acceptors (Lipinski definition) is 2. The molecule has 2 aliphatic heterocycles. The molecule has 2 aliphatic rings. The van der Waals surface area contributed by atoms with Gasteiger partial charge in [0.1, 0.15) is 0 Å². The Morgan fingerprint density at radius 3 is 2.36 bits per heavy atom. The van der Waals surface area contributed by atoms with E-state index in [2.05, 4.69) is 18.2 Å². The topological polar surface area (TPSA) is 23.6 Å². The lowest BCUT2D eigenvalue weighted by Crippen LogP contribution is -2.46. The zero-order chi connectivity index (χ0) is 14.9. The van der Waals surface area contributed by atoms with Crippen molar-refractivity contribution in [2.45, 2.75) is 6.04 Å². The first-order valence-electron chi connectivity index (χ1n) is 7.40. The summed E-state index contributed by atoms with van der Waals surface area (Å²) in [6.45, 7) is 0.792. The number of carbonyl (C=O) groups excluding carboxylic acids is 1. The molecule has 1 fully saturated rings. The van der Waals surface area contributed by atoms with E-state index < -0.39 is 0 Å². The Balaban J connectivity index is 1.84. The molecule has 110 valence electrons. The van der Waals surface area contributed by atoms with Crippen LogP contribution in [0.15, 0.2) is 71.8 Å². The van der Waals surface area contributed by atoms with Crippen molar-refractivity contribution >= 4 is 23.5 Å². The fourth-order valence-corrected chi connectivity index (χ4v) is 4.00. The first-order valence-corrected chi connectivity index (χ1v) is 8.38. The van der Waals surface area contributed by atoms with Gasteiger partial charge in [-0.1, -0.05) is 48.5 Å². The second-order valence-corrected chi connectivity index (χ2v) is 6.46. The van der Waals surface area contributed by atoms with E-state index in [9.17, 15) is 4.79 Å². The molecule has 4 rings (SSSR count). The summed E-state index contributed by atoms with van der Waals surface area (Å²) in [7, 11) is 0. The Morgan fingerprint density at radius 2 is 1.64 bits per heavy atom. The van der Waals surface area contributed by atoms with Crippen LogP contribution >= 0.6 is 11.8 Å². The molecule has 3 nitrogen and oxygen atoms in total. The van der Waals surface area contributed by atoms with E-state index in [-0.39, 0.29) is 12.1 Å². The van der Waals surface area contributed by atoms with E-state index in [0.717, 1.165) is 28.6 Å². The van der Waals surface area contributed by atoms with E-state index in [1.165, 1.54) is 0 Å². The van der Waals surface area contributed by atoms with Crippen molar-refractivity contribution in [3.8, 4) is 0 Å². The predicted octanol–water partition coefficient (Wildman–Crippen LogP) is 4.26. The van der Waals surface area contributed by atoms with Gasteiger partial charge in [-0.3, -0.25) is 9.80 Å². The first kappa shape index (κ1) is 13.5. The summed E-state index contributed by atoms with van der Waals surface area (Å²) < 4.78 is 0. The third kappa shape index (κ3) is 2.20. The van der Waals surface area contributed by atoms with Gasteiger partial charge >= 0.3 is 6.03 Å². The number of anilines is 1. The Labute approximate surface area is 134 Å². The fraction of sp³-hybridized carbons (Fsp3) is 0.167. The van der Waals surface area contributed by atoms with Crippen molar-refractivity contribution < 1.29 is 4.79 Å². The van der Waals surface area contributed by atoms with Crippen LogP contribution in [0.4, 0.5) is 10.5 Å². The number of para-hydroxylation sites is 1. The lowest BCUT2D eigenvalue weighted by Gasteiger charge is -2.38. The van der Waals surface area contributed by atoms with Gasteiger partial charge in [-0.05, 0) is 23.8 Å². The summed E-state index contributed by atoms with van der Waals surface area (Å²) in [5.41, 5.74) is 2.08. The number of nitrogens with zero attached hydrogens (tertiary/aromatic N) is 2. The molecule has 4 heteroatoms. The molecule has 0 bridgehead atoms. The van der Waals surface area contributed by atoms with Crippen molar-refractivity contribution in [3.05, 3.63) is 77.3 Å². The number of amides is 2. The number of rotatable bonds is 2. The SMILES string of the molecule is O=C1N2CCSC2=CC(c2ccccc2)N1c1ccccc1. The number of fused-ring (bicyclic) bond motifs is 1. The van der Waals surface area contributed by atoms with Gasteiger partial charge in [-0.2, -0.15) is 0 Å². The van der Waals surface area contributed by atoms with E-state index in [1.54, 1.807) is 11.8 Å². The molecule has 2 heterocycles. The van der Waals surface area contributed by atoms with Crippen molar-refractivity contribution in [1.82, 2.24) is 4.90 Å². The molecular weight excluding hydrogens is 292 g/mol. The minimum atomic E-state index is -0.0482. The summed E-state index contributed by atoms with van der Waals surface area (Å²) in [6.07, 6.45) is 2.21. The maximum atomic E-state index is 13.0. The predicted molar refractivity (Wildman–Crippen MR) is 90.7 cm³/mol. The maximum Gasteiger partial charge on any atom is 0.330 e. The average molecular weight is 308 g/mol. The Hall–Kier alpha value is -2.20. The highest BCUT2D eigenvalue weighted by Gasteiger charge is 2.38. The summed E-state index contributed by atoms with van der Waals surface area (Å²) in [5, 5.41) is 1.09. The van der Waals surface area contributed by atoms with Crippen LogP contribution in [0.5, 0.6) is 0 Å². The van der Waals surface area contributed by atoms with E-state index in [0.29, 0.717) is 0 Å². The van der Waals surface area contributed by atoms with Crippen LogP contribution in [-0.2, 0) is 0 Å². The van der Waals surface area contributed by atoms with Crippen LogP contribution in [0.2, 0.25) is 0 Å². The zero-order valence-electron chi connectivity index (χ0n) is 12.1. The molecule has 2 amide bonds. The molecule has 0 aliphatic carbocycles. The third-order valence-electron chi connectivity index (χ3n) is 4.02. The maximum absolute atomic E-state index is 13.0. The number of thioether (sulfide) groups is 1. The van der Waals surface area contributed by atoms with Crippen LogP contribution in [0.25, 0.3) is 0 Å². The lowest BCUT2D eigenvalue weighted by molar-refractivity contribution is 0.219. The van der Waals surface area contributed by atoms with Crippen LogP contribution in [0.1, 0.15) is 11.6 Å². The van der Waals surface area contributed by atoms with Gasteiger partial charge in [-0.25, -0.2) is 4.79 Å². The van der Waals surface area contributed by atoms with E-state index in [1.807, 2.05) is 58.3 Å². The van der Waals surface area contributed by atoms with Gasteiger partial charge in [0.15, 0.2) is 0 Å². The monoisotopic (exact) mass is 308 g/mol. The van der Waals surface area contributed by atoms with Crippen molar-refractivity contribution in [2.75, 3.05) is 17.2 Å². The normalized spacial score (nSPS) is 20.8. The van der Waals surface area contributed by atoms with Crippen molar-refractivity contribution in [3.63, 3.8) is 0 Å². The minimum Gasteiger partial charge on any atom is -0.288 e. The van der Waals surface area contributed by atoms with Gasteiger partial charge in [0, 0.05) is 18.0 Å². The molecule has 2 aromatic rings. The quantitative estimate of drug-likeness (QED) is 0.827. The molecule has 0 aromatic heterocycles. The van der Waals surface area contributed by atoms with E-state index in [4.69, 9.17) is 0 Å². The molecule has 0 spiro atoms. The average Bonchev–Trinajstić information content (AvgIpc) is 3.05. The molecule has 0 saturated carbocycles. The van der Waals surface area contributed by atoms with Crippen LogP contribution in [-0.4, -0.2) is 23.2 Å². The van der Waals surface area contributed by atoms with E-state index >= 15 is 0 Å². The van der Waals surface area contributed by atoms with Gasteiger partial charge in [0.25, 0.3) is 0 Å². The largest absolute Gasteiger partial charge is 0.330 e. The summed E-state index contributed by atoms with van der Waals surface area (Å²) in [5.74, 6) is 0.974. The van der Waals surface area contributed by atoms with Crippen LogP contribution in [0.3, 0.4) is 0 Å². The fourth-order valence-electron chi connectivity index (χ4n) is 2.97. The number of benzene rings is 2. The standard InChI is InChI=1S/C18H16N2OS/c21-18-19-11-12-22-17(19)13-16(14-7-3-1-4-8-14)20(18)15-9-5-2-6-10-15/h1-10,13,16H,11-12H2. The van der Waals surface area contributed by atoms with Gasteiger partial charge in [0.2, 0.25) is 0 Å². The molecule has 1 unspecified atom stereocenters. The summed E-state index contributed by atoms with van der Waals surface area (Å²) in [6, 6.07) is 20.2. The number of carbonyl (C=O) groups is 1. The minimum absolute atomic E-state index is 0.0482. The molecule has 1 atom stereocenters. The molecule has 0 N–H and O–H groups in total. The molecule has 22 heavy (non-hydrogen) atoms. The molecular formula is C18H16N2OS. The van der Waals surface area contributed by atoms with Crippen LogP contribution < -0.4 is 4.90 Å². The third-order valence-corrected chi connectivity index (χ3v) is 5.06. The number of hydrogen-bond donors (Lipinski definition) is 0. The van der Waals surface area contributed by atoms with Gasteiger partial charge in [-0.15, -0.1) is 11.8 Å². The highest BCUT2D eigenvalue weighted by atomic mass is 32.2.